The summed E-state index contributed by atoms with van der Waals surface area (Å²) in [4.78, 5) is 20.2. The Balaban J connectivity index is 1.64. The first-order chi connectivity index (χ1) is 15.5. The van der Waals surface area contributed by atoms with Gasteiger partial charge in [0.15, 0.2) is 11.9 Å². The fourth-order valence-electron chi connectivity index (χ4n) is 3.81. The number of aromatic amines is 1. The molecule has 164 valence electrons. The molecule has 0 bridgehead atoms. The number of nitrogens with zero attached hydrogens (tertiary/aromatic N) is 4. The number of hydrogen-bond donors (Lipinski definition) is 2. The molecule has 3 N–H and O–H groups in total. The molecule has 10 heteroatoms. The Kier molecular flexibility index (Phi) is 4.96. The van der Waals surface area contributed by atoms with Crippen molar-refractivity contribution in [3.63, 3.8) is 0 Å². The molecule has 0 saturated carbocycles. The van der Waals surface area contributed by atoms with Crippen LogP contribution in [0.2, 0.25) is 0 Å². The summed E-state index contributed by atoms with van der Waals surface area (Å²) in [5.74, 6) is 0.971. The van der Waals surface area contributed by atoms with Crippen LogP contribution in [0.5, 0.6) is 11.5 Å². The zero-order valence-corrected chi connectivity index (χ0v) is 17.3. The van der Waals surface area contributed by atoms with Gasteiger partial charge in [0.25, 0.3) is 5.91 Å². The van der Waals surface area contributed by atoms with Crippen LogP contribution in [-0.2, 0) is 11.3 Å². The molecule has 3 heterocycles. The highest BCUT2D eigenvalue weighted by atomic mass is 19.1. The highest BCUT2D eigenvalue weighted by Crippen LogP contribution is 2.37. The molecule has 5 rings (SSSR count). The number of benzene rings is 2. The van der Waals surface area contributed by atoms with Crippen LogP contribution in [0.15, 0.2) is 36.7 Å². The number of imidazole rings is 1. The second-order valence-electron chi connectivity index (χ2n) is 7.62. The number of carbonyl (C=O) groups is 1. The van der Waals surface area contributed by atoms with E-state index < -0.39 is 17.8 Å². The van der Waals surface area contributed by atoms with E-state index in [4.69, 9.17) is 20.2 Å². The maximum absolute atomic E-state index is 15.2. The number of carbonyl (C=O) groups excluding carboxylic acids is 1. The molecule has 2 aromatic heterocycles. The van der Waals surface area contributed by atoms with Crippen molar-refractivity contribution in [2.24, 2.45) is 5.73 Å². The Bertz CT molecular complexity index is 1300. The quantitative estimate of drug-likeness (QED) is 0.496. The summed E-state index contributed by atoms with van der Waals surface area (Å²) in [5.41, 5.74) is 7.63. The Hall–Kier alpha value is -3.95. The summed E-state index contributed by atoms with van der Waals surface area (Å²) < 4.78 is 28.8. The molecule has 0 radical (unpaired) electrons. The van der Waals surface area contributed by atoms with Gasteiger partial charge in [0, 0.05) is 24.2 Å². The maximum atomic E-state index is 15.2. The number of H-pyrrole nitrogens is 1. The maximum Gasteiger partial charge on any atom is 0.258 e. The van der Waals surface area contributed by atoms with Crippen LogP contribution < -0.4 is 15.2 Å². The number of ether oxygens (including phenoxy) is 2. The van der Waals surface area contributed by atoms with Crippen LogP contribution in [0.3, 0.4) is 0 Å². The largest absolute Gasteiger partial charge is 0.491 e. The van der Waals surface area contributed by atoms with E-state index in [-0.39, 0.29) is 0 Å². The Labute approximate surface area is 182 Å². The van der Waals surface area contributed by atoms with Gasteiger partial charge >= 0.3 is 0 Å². The summed E-state index contributed by atoms with van der Waals surface area (Å²) in [5, 5.41) is 6.54. The van der Waals surface area contributed by atoms with Gasteiger partial charge in [0.2, 0.25) is 0 Å². The average molecular weight is 436 g/mol. The van der Waals surface area contributed by atoms with Gasteiger partial charge in [0.1, 0.15) is 35.0 Å². The molecule has 1 unspecified atom stereocenters. The van der Waals surface area contributed by atoms with E-state index >= 15 is 4.39 Å². The lowest BCUT2D eigenvalue weighted by atomic mass is 10.1. The van der Waals surface area contributed by atoms with Gasteiger partial charge in [-0.25, -0.2) is 14.4 Å². The third kappa shape index (κ3) is 3.53. The number of hydrogen-bond acceptors (Lipinski definition) is 6. The molecule has 0 saturated heterocycles. The lowest BCUT2D eigenvalue weighted by Gasteiger charge is -2.18. The minimum absolute atomic E-state index is 0.365. The molecule has 0 aliphatic carbocycles. The summed E-state index contributed by atoms with van der Waals surface area (Å²) in [6.07, 6.45) is 2.27. The second-order valence-corrected chi connectivity index (χ2v) is 7.62. The molecule has 1 aliphatic heterocycles. The van der Waals surface area contributed by atoms with Crippen LogP contribution in [0.25, 0.3) is 33.8 Å². The standard InChI is InChI=1S/C22H21FN6O3/c1-12(20(24)30)32-14-9-17-19-18(10-14)31-7-3-2-6-29(19)22(27-17)15-5-4-13(8-16(15)23)21-25-11-26-28-21/h4-5,8-12H,2-3,6-7H2,1H3,(H2,24,30)(H,25,26,28). The third-order valence-corrected chi connectivity index (χ3v) is 5.43. The van der Waals surface area contributed by atoms with Gasteiger partial charge in [-0.2, -0.15) is 5.10 Å². The monoisotopic (exact) mass is 436 g/mol. The van der Waals surface area contributed by atoms with Crippen molar-refractivity contribution >= 4 is 16.9 Å². The normalized spacial score (nSPS) is 14.4. The molecular formula is C22H21FN6O3. The topological polar surface area (TPSA) is 121 Å². The number of primary amides is 1. The summed E-state index contributed by atoms with van der Waals surface area (Å²) >= 11 is 0. The van der Waals surface area contributed by atoms with Crippen LogP contribution in [0.4, 0.5) is 4.39 Å². The minimum Gasteiger partial charge on any atom is -0.491 e. The predicted octanol–water partition coefficient (Wildman–Crippen LogP) is 3.05. The van der Waals surface area contributed by atoms with E-state index in [1.165, 1.54) is 12.4 Å². The fraction of sp³-hybridized carbons (Fsp3) is 0.273. The van der Waals surface area contributed by atoms with Crippen molar-refractivity contribution in [3.8, 4) is 34.3 Å². The molecule has 32 heavy (non-hydrogen) atoms. The lowest BCUT2D eigenvalue weighted by molar-refractivity contribution is -0.123. The zero-order valence-electron chi connectivity index (χ0n) is 17.3. The summed E-state index contributed by atoms with van der Waals surface area (Å²) in [6.45, 7) is 2.79. The molecule has 1 atom stereocenters. The minimum atomic E-state index is -0.809. The van der Waals surface area contributed by atoms with Gasteiger partial charge in [0.05, 0.1) is 17.7 Å². The van der Waals surface area contributed by atoms with E-state index in [1.54, 1.807) is 31.2 Å². The van der Waals surface area contributed by atoms with E-state index in [1.807, 2.05) is 4.57 Å². The molecule has 0 fully saturated rings. The SMILES string of the molecule is CC(Oc1cc2c3c(c1)nc(-c1ccc(-c4ncn[nH]4)cc1F)n3CCCCO2)C(N)=O. The van der Waals surface area contributed by atoms with Crippen molar-refractivity contribution < 1.29 is 18.7 Å². The van der Waals surface area contributed by atoms with Crippen molar-refractivity contribution in [3.05, 3.63) is 42.5 Å². The number of aromatic nitrogens is 5. The van der Waals surface area contributed by atoms with Crippen LogP contribution in [0, 0.1) is 5.82 Å². The van der Waals surface area contributed by atoms with Crippen molar-refractivity contribution in [1.29, 1.82) is 0 Å². The van der Waals surface area contributed by atoms with Crippen LogP contribution in [0.1, 0.15) is 19.8 Å². The third-order valence-electron chi connectivity index (χ3n) is 5.43. The number of halogens is 1. The Morgan fingerprint density at radius 3 is 2.94 bits per heavy atom. The van der Waals surface area contributed by atoms with Gasteiger partial charge in [-0.05, 0) is 31.9 Å². The van der Waals surface area contributed by atoms with Gasteiger partial charge in [-0.1, -0.05) is 6.07 Å². The zero-order chi connectivity index (χ0) is 22.2. The summed E-state index contributed by atoms with van der Waals surface area (Å²) in [7, 11) is 0. The molecule has 0 spiro atoms. The van der Waals surface area contributed by atoms with Crippen molar-refractivity contribution in [2.45, 2.75) is 32.4 Å². The van der Waals surface area contributed by atoms with Crippen molar-refractivity contribution in [1.82, 2.24) is 24.7 Å². The first kappa shape index (κ1) is 20.0. The van der Waals surface area contributed by atoms with Gasteiger partial charge in [-0.15, -0.1) is 0 Å². The molecule has 1 amide bonds. The highest BCUT2D eigenvalue weighted by molar-refractivity contribution is 5.88. The number of nitrogens with two attached hydrogens (primary N) is 1. The first-order valence-corrected chi connectivity index (χ1v) is 10.3. The van der Waals surface area contributed by atoms with Crippen LogP contribution in [-0.4, -0.2) is 43.4 Å². The second kappa shape index (κ2) is 7.95. The molecule has 4 aromatic rings. The molecule has 2 aromatic carbocycles. The predicted molar refractivity (Wildman–Crippen MR) is 115 cm³/mol. The fourth-order valence-corrected chi connectivity index (χ4v) is 3.81. The number of nitrogens with one attached hydrogen (secondary N) is 1. The Morgan fingerprint density at radius 2 is 2.19 bits per heavy atom. The average Bonchev–Trinajstić information content (AvgIpc) is 3.39. The molecule has 1 aliphatic rings. The van der Waals surface area contributed by atoms with E-state index in [2.05, 4.69) is 15.2 Å². The molecular weight excluding hydrogens is 415 g/mol. The van der Waals surface area contributed by atoms with Crippen LogP contribution >= 0.6 is 0 Å². The number of rotatable bonds is 5. The van der Waals surface area contributed by atoms with Gasteiger partial charge in [-0.3, -0.25) is 9.89 Å². The highest BCUT2D eigenvalue weighted by Gasteiger charge is 2.23. The van der Waals surface area contributed by atoms with E-state index in [0.29, 0.717) is 52.9 Å². The van der Waals surface area contributed by atoms with E-state index in [9.17, 15) is 4.79 Å². The Morgan fingerprint density at radius 1 is 1.31 bits per heavy atom. The van der Waals surface area contributed by atoms with Gasteiger partial charge < -0.3 is 19.8 Å². The van der Waals surface area contributed by atoms with E-state index in [0.717, 1.165) is 18.4 Å². The number of aryl methyl sites for hydroxylation is 1. The number of amides is 1. The molecule has 9 nitrogen and oxygen atoms in total. The first-order valence-electron chi connectivity index (χ1n) is 10.3. The lowest BCUT2D eigenvalue weighted by Crippen LogP contribution is -2.30. The smallest absolute Gasteiger partial charge is 0.258 e. The van der Waals surface area contributed by atoms with Crippen molar-refractivity contribution in [2.75, 3.05) is 6.61 Å². The summed E-state index contributed by atoms with van der Waals surface area (Å²) in [6, 6.07) is 8.30.